The van der Waals surface area contributed by atoms with Crippen LogP contribution in [0.1, 0.15) is 11.1 Å². The Hall–Kier alpha value is -3.25. The second-order valence-corrected chi connectivity index (χ2v) is 6.66. The highest BCUT2D eigenvalue weighted by atomic mass is 32.1. The van der Waals surface area contributed by atoms with Crippen LogP contribution in [-0.4, -0.2) is 11.2 Å². The second kappa shape index (κ2) is 6.93. The molecule has 26 heavy (non-hydrogen) atoms. The van der Waals surface area contributed by atoms with Gasteiger partial charge in [-0.05, 0) is 24.6 Å². The van der Waals surface area contributed by atoms with E-state index in [1.54, 1.807) is 18.3 Å². The highest BCUT2D eigenvalue weighted by Gasteiger charge is 2.11. The molecule has 0 fully saturated rings. The molecule has 0 radical (unpaired) electrons. The van der Waals surface area contributed by atoms with Gasteiger partial charge in [0.1, 0.15) is 5.58 Å². The van der Waals surface area contributed by atoms with Crippen molar-refractivity contribution in [3.05, 3.63) is 81.5 Å². The van der Waals surface area contributed by atoms with Gasteiger partial charge in [0, 0.05) is 10.8 Å². The first-order valence-corrected chi connectivity index (χ1v) is 8.91. The molecule has 0 bridgehead atoms. The molecule has 4 rings (SSSR count). The molecule has 0 amide bonds. The number of nitrogens with one attached hydrogen (secondary N) is 1. The highest BCUT2D eigenvalue weighted by molar-refractivity contribution is 7.14. The maximum Gasteiger partial charge on any atom is 0.345 e. The number of fused-ring (bicyclic) bond motifs is 1. The van der Waals surface area contributed by atoms with Crippen LogP contribution in [0, 0.1) is 6.92 Å². The maximum atomic E-state index is 12.2. The Bertz CT molecular complexity index is 1140. The lowest BCUT2D eigenvalue weighted by Crippen LogP contribution is -2.02. The van der Waals surface area contributed by atoms with Gasteiger partial charge in [0.2, 0.25) is 5.13 Å². The van der Waals surface area contributed by atoms with Crippen molar-refractivity contribution in [2.75, 3.05) is 5.43 Å². The van der Waals surface area contributed by atoms with E-state index in [9.17, 15) is 4.79 Å². The molecule has 2 aromatic heterocycles. The molecule has 0 aliphatic heterocycles. The standard InChI is InChI=1S/C20H15N3O2S/c1-13-6-8-14(9-7-13)11-21-23-20-22-17(12-26-20)16-10-15-4-2-3-5-18(15)25-19(16)24/h2-12H,1H3,(H,22,23)/b21-11+. The number of hydrogen-bond donors (Lipinski definition) is 1. The Morgan fingerprint density at radius 1 is 1.15 bits per heavy atom. The Balaban J connectivity index is 1.55. The van der Waals surface area contributed by atoms with Crippen molar-refractivity contribution in [1.29, 1.82) is 0 Å². The summed E-state index contributed by atoms with van der Waals surface area (Å²) in [6.07, 6.45) is 1.73. The summed E-state index contributed by atoms with van der Waals surface area (Å²) in [4.78, 5) is 16.6. The number of benzene rings is 2. The van der Waals surface area contributed by atoms with E-state index in [1.165, 1.54) is 16.9 Å². The quantitative estimate of drug-likeness (QED) is 0.326. The van der Waals surface area contributed by atoms with Crippen molar-refractivity contribution in [2.45, 2.75) is 6.92 Å². The Morgan fingerprint density at radius 3 is 2.81 bits per heavy atom. The molecule has 128 valence electrons. The van der Waals surface area contributed by atoms with Crippen molar-refractivity contribution in [3.63, 3.8) is 0 Å². The van der Waals surface area contributed by atoms with Gasteiger partial charge < -0.3 is 4.42 Å². The highest BCUT2D eigenvalue weighted by Crippen LogP contribution is 2.25. The molecule has 0 unspecified atom stereocenters. The molecule has 0 aliphatic carbocycles. The van der Waals surface area contributed by atoms with Gasteiger partial charge in [-0.3, -0.25) is 5.43 Å². The summed E-state index contributed by atoms with van der Waals surface area (Å²) < 4.78 is 5.36. The van der Waals surface area contributed by atoms with E-state index >= 15 is 0 Å². The average molecular weight is 361 g/mol. The number of aromatic nitrogens is 1. The molecule has 1 N–H and O–H groups in total. The van der Waals surface area contributed by atoms with Crippen LogP contribution in [0.3, 0.4) is 0 Å². The zero-order chi connectivity index (χ0) is 17.9. The number of anilines is 1. The van der Waals surface area contributed by atoms with Gasteiger partial charge >= 0.3 is 5.63 Å². The fraction of sp³-hybridized carbons (Fsp3) is 0.0500. The van der Waals surface area contributed by atoms with Crippen LogP contribution in [0.15, 0.2) is 74.3 Å². The second-order valence-electron chi connectivity index (χ2n) is 5.80. The van der Waals surface area contributed by atoms with Gasteiger partial charge in [-0.15, -0.1) is 11.3 Å². The van der Waals surface area contributed by atoms with Gasteiger partial charge in [0.25, 0.3) is 0 Å². The molecule has 0 aliphatic rings. The van der Waals surface area contributed by atoms with Crippen LogP contribution in [0.4, 0.5) is 5.13 Å². The molecular formula is C20H15N3O2S. The lowest BCUT2D eigenvalue weighted by Gasteiger charge is -1.99. The first-order chi connectivity index (χ1) is 12.7. The van der Waals surface area contributed by atoms with Crippen LogP contribution >= 0.6 is 11.3 Å². The van der Waals surface area contributed by atoms with Crippen LogP contribution in [0.2, 0.25) is 0 Å². The van der Waals surface area contributed by atoms with Crippen molar-refractivity contribution in [2.24, 2.45) is 5.10 Å². The molecule has 4 aromatic rings. The number of nitrogens with zero attached hydrogens (tertiary/aromatic N) is 2. The van der Waals surface area contributed by atoms with E-state index in [0.29, 0.717) is 22.0 Å². The monoisotopic (exact) mass is 361 g/mol. The van der Waals surface area contributed by atoms with Crippen LogP contribution in [-0.2, 0) is 0 Å². The number of hydrogen-bond acceptors (Lipinski definition) is 6. The topological polar surface area (TPSA) is 67.5 Å². The maximum absolute atomic E-state index is 12.2. The zero-order valence-electron chi connectivity index (χ0n) is 14.0. The molecule has 6 heteroatoms. The van der Waals surface area contributed by atoms with Crippen molar-refractivity contribution in [3.8, 4) is 11.3 Å². The molecule has 0 saturated heterocycles. The summed E-state index contributed by atoms with van der Waals surface area (Å²) in [5.74, 6) is 0. The fourth-order valence-corrected chi connectivity index (χ4v) is 3.16. The minimum Gasteiger partial charge on any atom is -0.422 e. The van der Waals surface area contributed by atoms with Crippen molar-refractivity contribution < 1.29 is 4.42 Å². The number of aryl methyl sites for hydroxylation is 1. The van der Waals surface area contributed by atoms with Gasteiger partial charge in [-0.25, -0.2) is 9.78 Å². The number of thiazole rings is 1. The summed E-state index contributed by atoms with van der Waals surface area (Å²) in [6, 6.07) is 17.3. The van der Waals surface area contributed by atoms with Gasteiger partial charge in [0.05, 0.1) is 17.5 Å². The third-order valence-corrected chi connectivity index (χ3v) is 4.62. The first-order valence-electron chi connectivity index (χ1n) is 8.03. The molecule has 5 nitrogen and oxygen atoms in total. The van der Waals surface area contributed by atoms with E-state index < -0.39 is 5.63 Å². The Morgan fingerprint density at radius 2 is 1.96 bits per heavy atom. The first kappa shape index (κ1) is 16.2. The number of rotatable bonds is 4. The largest absolute Gasteiger partial charge is 0.422 e. The predicted octanol–water partition coefficient (Wildman–Crippen LogP) is 4.67. The van der Waals surface area contributed by atoms with Crippen LogP contribution < -0.4 is 11.1 Å². The van der Waals surface area contributed by atoms with Gasteiger partial charge in [-0.1, -0.05) is 48.0 Å². The van der Waals surface area contributed by atoms with Crippen molar-refractivity contribution >= 4 is 33.7 Å². The van der Waals surface area contributed by atoms with Gasteiger partial charge in [0.15, 0.2) is 0 Å². The molecule has 2 heterocycles. The lowest BCUT2D eigenvalue weighted by molar-refractivity contribution is 0.563. The number of para-hydroxylation sites is 1. The molecule has 0 saturated carbocycles. The Labute approximate surface area is 153 Å². The van der Waals surface area contributed by atoms with E-state index in [4.69, 9.17) is 4.42 Å². The smallest absolute Gasteiger partial charge is 0.345 e. The molecule has 0 atom stereocenters. The normalized spacial score (nSPS) is 11.3. The Kier molecular flexibility index (Phi) is 4.33. The van der Waals surface area contributed by atoms with Crippen LogP contribution in [0.5, 0.6) is 0 Å². The summed E-state index contributed by atoms with van der Waals surface area (Å²) in [5.41, 5.74) is 6.28. The zero-order valence-corrected chi connectivity index (χ0v) is 14.8. The predicted molar refractivity (Wildman–Crippen MR) is 106 cm³/mol. The van der Waals surface area contributed by atoms with E-state index in [1.807, 2.05) is 54.8 Å². The summed E-state index contributed by atoms with van der Waals surface area (Å²) >= 11 is 1.38. The minimum atomic E-state index is -0.399. The minimum absolute atomic E-state index is 0.399. The number of hydrazone groups is 1. The van der Waals surface area contributed by atoms with Crippen LogP contribution in [0.25, 0.3) is 22.2 Å². The summed E-state index contributed by atoms with van der Waals surface area (Å²) in [6.45, 7) is 2.04. The third-order valence-electron chi connectivity index (χ3n) is 3.87. The van der Waals surface area contributed by atoms with Crippen molar-refractivity contribution in [1.82, 2.24) is 4.98 Å². The lowest BCUT2D eigenvalue weighted by atomic mass is 10.1. The average Bonchev–Trinajstić information content (AvgIpc) is 3.11. The van der Waals surface area contributed by atoms with E-state index in [2.05, 4.69) is 15.5 Å². The van der Waals surface area contributed by atoms with E-state index in [0.717, 1.165) is 10.9 Å². The van der Waals surface area contributed by atoms with E-state index in [-0.39, 0.29) is 0 Å². The molecular weight excluding hydrogens is 346 g/mol. The molecule has 2 aromatic carbocycles. The molecule has 0 spiro atoms. The van der Waals surface area contributed by atoms with Gasteiger partial charge in [-0.2, -0.15) is 5.10 Å². The summed E-state index contributed by atoms with van der Waals surface area (Å²) in [5, 5.41) is 7.47. The summed E-state index contributed by atoms with van der Waals surface area (Å²) in [7, 11) is 0. The third kappa shape index (κ3) is 3.41. The SMILES string of the molecule is Cc1ccc(/C=N/Nc2nc(-c3cc4ccccc4oc3=O)cs2)cc1. The fourth-order valence-electron chi connectivity index (χ4n) is 2.50.